The fraction of sp³-hybridized carbons (Fsp3) is 0.154. The molecule has 156 valence electrons. The van der Waals surface area contributed by atoms with Crippen LogP contribution in [0.15, 0.2) is 97.5 Å². The lowest BCUT2D eigenvalue weighted by Gasteiger charge is -2.19. The number of benzene rings is 2. The van der Waals surface area contributed by atoms with Crippen molar-refractivity contribution in [3.63, 3.8) is 0 Å². The van der Waals surface area contributed by atoms with Gasteiger partial charge in [0.15, 0.2) is 11.5 Å². The molecule has 31 heavy (non-hydrogen) atoms. The van der Waals surface area contributed by atoms with E-state index in [2.05, 4.69) is 33.5 Å². The van der Waals surface area contributed by atoms with Gasteiger partial charge in [0.05, 0.1) is 18.8 Å². The second-order valence-electron chi connectivity index (χ2n) is 7.11. The molecule has 4 aromatic rings. The Kier molecular flexibility index (Phi) is 6.88. The van der Waals surface area contributed by atoms with E-state index in [1.807, 2.05) is 66.9 Å². The van der Waals surface area contributed by atoms with Crippen LogP contribution in [0.4, 0.5) is 0 Å². The Hall–Kier alpha value is -3.70. The van der Waals surface area contributed by atoms with Gasteiger partial charge >= 0.3 is 0 Å². The van der Waals surface area contributed by atoms with Gasteiger partial charge in [0, 0.05) is 25.1 Å². The summed E-state index contributed by atoms with van der Waals surface area (Å²) >= 11 is 0. The van der Waals surface area contributed by atoms with Gasteiger partial charge in [-0.15, -0.1) is 0 Å². The van der Waals surface area contributed by atoms with E-state index < -0.39 is 0 Å². The summed E-state index contributed by atoms with van der Waals surface area (Å²) in [6.07, 6.45) is 5.34. The second kappa shape index (κ2) is 10.4. The smallest absolute Gasteiger partial charge is 0.161 e. The minimum absolute atomic E-state index is 0.00369. The van der Waals surface area contributed by atoms with Crippen molar-refractivity contribution in [2.75, 3.05) is 7.11 Å². The average Bonchev–Trinajstić information content (AvgIpc) is 2.85. The molecule has 2 aromatic carbocycles. The van der Waals surface area contributed by atoms with Crippen LogP contribution in [0.3, 0.4) is 0 Å². The van der Waals surface area contributed by atoms with E-state index in [1.165, 1.54) is 5.56 Å². The summed E-state index contributed by atoms with van der Waals surface area (Å²) in [7, 11) is 1.66. The maximum atomic E-state index is 5.95. The molecule has 0 amide bonds. The van der Waals surface area contributed by atoms with Gasteiger partial charge in [0.1, 0.15) is 6.61 Å². The van der Waals surface area contributed by atoms with Crippen LogP contribution in [-0.4, -0.2) is 17.1 Å². The Labute approximate surface area is 182 Å². The van der Waals surface area contributed by atoms with Gasteiger partial charge in [-0.25, -0.2) is 0 Å². The molecule has 1 atom stereocenters. The maximum absolute atomic E-state index is 5.95. The lowest BCUT2D eigenvalue weighted by molar-refractivity contribution is 0.284. The lowest BCUT2D eigenvalue weighted by Crippen LogP contribution is -2.23. The fourth-order valence-corrected chi connectivity index (χ4v) is 3.39. The maximum Gasteiger partial charge on any atom is 0.161 e. The van der Waals surface area contributed by atoms with Gasteiger partial charge < -0.3 is 14.8 Å². The van der Waals surface area contributed by atoms with Crippen LogP contribution in [0.1, 0.15) is 28.4 Å². The normalized spacial score (nSPS) is 11.6. The number of hydrogen-bond acceptors (Lipinski definition) is 5. The molecule has 0 saturated heterocycles. The molecule has 0 radical (unpaired) electrons. The zero-order valence-corrected chi connectivity index (χ0v) is 17.4. The second-order valence-corrected chi connectivity index (χ2v) is 7.11. The summed E-state index contributed by atoms with van der Waals surface area (Å²) in [6, 6.07) is 26.2. The van der Waals surface area contributed by atoms with Crippen molar-refractivity contribution in [3.05, 3.63) is 120 Å². The standard InChI is InChI=1S/C26H25N3O2/c1-30-25-17-21(10-11-24(25)31-19-20-12-15-27-16-13-20)18-29-26(22-7-3-2-4-8-22)23-9-5-6-14-28-23/h2-17,26,29H,18-19H2,1H3/t26-/m1/s1. The average molecular weight is 412 g/mol. The van der Waals surface area contributed by atoms with Crippen molar-refractivity contribution in [3.8, 4) is 11.5 Å². The fourth-order valence-electron chi connectivity index (χ4n) is 3.39. The third-order valence-corrected chi connectivity index (χ3v) is 5.00. The van der Waals surface area contributed by atoms with E-state index in [-0.39, 0.29) is 6.04 Å². The van der Waals surface area contributed by atoms with Crippen LogP contribution >= 0.6 is 0 Å². The molecule has 0 fully saturated rings. The van der Waals surface area contributed by atoms with Gasteiger partial charge in [-0.2, -0.15) is 0 Å². The monoisotopic (exact) mass is 411 g/mol. The highest BCUT2D eigenvalue weighted by atomic mass is 16.5. The number of rotatable bonds is 9. The molecular weight excluding hydrogens is 386 g/mol. The van der Waals surface area contributed by atoms with Crippen LogP contribution in [0.2, 0.25) is 0 Å². The van der Waals surface area contributed by atoms with Gasteiger partial charge in [0.2, 0.25) is 0 Å². The third-order valence-electron chi connectivity index (χ3n) is 5.00. The van der Waals surface area contributed by atoms with Crippen molar-refractivity contribution in [2.24, 2.45) is 0 Å². The Balaban J connectivity index is 1.47. The van der Waals surface area contributed by atoms with Gasteiger partial charge in [0.25, 0.3) is 0 Å². The summed E-state index contributed by atoms with van der Waals surface area (Å²) in [5, 5.41) is 3.63. The summed E-state index contributed by atoms with van der Waals surface area (Å²) in [5.41, 5.74) is 4.32. The van der Waals surface area contributed by atoms with Gasteiger partial charge in [-0.1, -0.05) is 42.5 Å². The van der Waals surface area contributed by atoms with Crippen LogP contribution in [0, 0.1) is 0 Å². The topological polar surface area (TPSA) is 56.3 Å². The summed E-state index contributed by atoms with van der Waals surface area (Å²) < 4.78 is 11.5. The highest BCUT2D eigenvalue weighted by Gasteiger charge is 2.15. The van der Waals surface area contributed by atoms with E-state index in [9.17, 15) is 0 Å². The number of hydrogen-bond donors (Lipinski definition) is 1. The van der Waals surface area contributed by atoms with Crippen molar-refractivity contribution < 1.29 is 9.47 Å². The van der Waals surface area contributed by atoms with Crippen LogP contribution in [-0.2, 0) is 13.2 Å². The molecule has 0 saturated carbocycles. The predicted molar refractivity (Wildman–Crippen MR) is 121 cm³/mol. The van der Waals surface area contributed by atoms with Crippen molar-refractivity contribution in [1.29, 1.82) is 0 Å². The number of nitrogens with one attached hydrogen (secondary N) is 1. The molecule has 5 heteroatoms. The number of aromatic nitrogens is 2. The first kappa shape index (κ1) is 20.6. The molecule has 5 nitrogen and oxygen atoms in total. The molecule has 0 aliphatic heterocycles. The first-order valence-corrected chi connectivity index (χ1v) is 10.2. The molecule has 0 bridgehead atoms. The Morgan fingerprint density at radius 2 is 1.61 bits per heavy atom. The Morgan fingerprint density at radius 3 is 2.35 bits per heavy atom. The SMILES string of the molecule is COc1cc(CN[C@H](c2ccccc2)c2ccccn2)ccc1OCc1ccncc1. The Morgan fingerprint density at radius 1 is 0.806 bits per heavy atom. The van der Waals surface area contributed by atoms with Crippen molar-refractivity contribution in [1.82, 2.24) is 15.3 Å². The quantitative estimate of drug-likeness (QED) is 0.423. The van der Waals surface area contributed by atoms with Crippen molar-refractivity contribution in [2.45, 2.75) is 19.2 Å². The number of ether oxygens (including phenoxy) is 2. The molecule has 4 rings (SSSR count). The highest BCUT2D eigenvalue weighted by molar-refractivity contribution is 5.43. The van der Waals surface area contributed by atoms with E-state index in [1.54, 1.807) is 19.5 Å². The van der Waals surface area contributed by atoms with E-state index in [0.717, 1.165) is 16.8 Å². The van der Waals surface area contributed by atoms with Crippen LogP contribution in [0.25, 0.3) is 0 Å². The minimum Gasteiger partial charge on any atom is -0.493 e. The van der Waals surface area contributed by atoms with E-state index in [4.69, 9.17) is 9.47 Å². The largest absolute Gasteiger partial charge is 0.493 e. The molecule has 0 aliphatic carbocycles. The van der Waals surface area contributed by atoms with Crippen molar-refractivity contribution >= 4 is 0 Å². The molecule has 0 aliphatic rings. The third kappa shape index (κ3) is 5.47. The molecule has 2 heterocycles. The molecular formula is C26H25N3O2. The summed E-state index contributed by atoms with van der Waals surface area (Å²) in [6.45, 7) is 1.13. The van der Waals surface area contributed by atoms with Gasteiger partial charge in [-0.05, 0) is 53.1 Å². The summed E-state index contributed by atoms with van der Waals surface area (Å²) in [5.74, 6) is 1.43. The zero-order valence-electron chi connectivity index (χ0n) is 17.4. The summed E-state index contributed by atoms with van der Waals surface area (Å²) in [4.78, 5) is 8.59. The number of pyridine rings is 2. The molecule has 0 unspecified atom stereocenters. The van der Waals surface area contributed by atoms with Crippen LogP contribution in [0.5, 0.6) is 11.5 Å². The molecule has 1 N–H and O–H groups in total. The number of methoxy groups -OCH3 is 1. The first-order valence-electron chi connectivity index (χ1n) is 10.2. The van der Waals surface area contributed by atoms with E-state index >= 15 is 0 Å². The molecule has 0 spiro atoms. The number of nitrogens with zero attached hydrogens (tertiary/aromatic N) is 2. The molecule has 2 aromatic heterocycles. The van der Waals surface area contributed by atoms with Crippen LogP contribution < -0.4 is 14.8 Å². The van der Waals surface area contributed by atoms with E-state index in [0.29, 0.717) is 24.7 Å². The Bertz CT molecular complexity index is 1030. The highest BCUT2D eigenvalue weighted by Crippen LogP contribution is 2.29. The first-order chi connectivity index (χ1) is 15.3. The van der Waals surface area contributed by atoms with Gasteiger partial charge in [-0.3, -0.25) is 9.97 Å². The lowest BCUT2D eigenvalue weighted by atomic mass is 10.0. The minimum atomic E-state index is -0.00369. The predicted octanol–water partition coefficient (Wildman–Crippen LogP) is 4.94. The zero-order chi connectivity index (χ0) is 21.3.